The number of carbonyl (C=O) groups is 3. The molecule has 11 heteroatoms. The van der Waals surface area contributed by atoms with Crippen molar-refractivity contribution in [3.63, 3.8) is 0 Å². The SMILES string of the molecule is Cc1c(Cl)c(C(=O)N(C)c2ccc(O)cc2)nn1-c1cc2c(cc1C(=O)N1Cc3ccccc3C[C@H]1C)CN(C(=O)Oc1ccccc1)CC2. The predicted octanol–water partition coefficient (Wildman–Crippen LogP) is 6.96. The summed E-state index contributed by atoms with van der Waals surface area (Å²) in [7, 11) is 1.61. The normalized spacial score (nSPS) is 15.2. The summed E-state index contributed by atoms with van der Waals surface area (Å²) in [6, 6.07) is 27.0. The molecule has 254 valence electrons. The zero-order valence-electron chi connectivity index (χ0n) is 28.0. The topological polar surface area (TPSA) is 108 Å². The molecule has 3 heterocycles. The largest absolute Gasteiger partial charge is 0.508 e. The standard InChI is InChI=1S/C39H36ClN5O5/c1-24-19-26-9-7-8-10-28(26)23-44(24)37(47)33-20-29-22-43(39(49)50-32-11-5-4-6-12-32)18-17-27(29)21-34(33)45-25(2)35(40)36(41-45)38(48)42(3)30-13-15-31(46)16-14-30/h4-16,20-21,24,46H,17-19,22-23H2,1-3H3/t24-/m1/s1. The van der Waals surface area contributed by atoms with Crippen LogP contribution < -0.4 is 9.64 Å². The predicted molar refractivity (Wildman–Crippen MR) is 190 cm³/mol. The van der Waals surface area contributed by atoms with Crippen molar-refractivity contribution in [2.75, 3.05) is 18.5 Å². The highest BCUT2D eigenvalue weighted by atomic mass is 35.5. The molecule has 0 radical (unpaired) electrons. The van der Waals surface area contributed by atoms with Gasteiger partial charge in [-0.15, -0.1) is 0 Å². The number of phenols is 1. The number of carbonyl (C=O) groups excluding carboxylic acids is 3. The molecular formula is C39H36ClN5O5. The number of fused-ring (bicyclic) bond motifs is 2. The molecular weight excluding hydrogens is 654 g/mol. The number of aromatic hydroxyl groups is 1. The number of nitrogens with zero attached hydrogens (tertiary/aromatic N) is 5. The molecule has 0 spiro atoms. The molecule has 0 bridgehead atoms. The van der Waals surface area contributed by atoms with E-state index in [9.17, 15) is 19.5 Å². The Kier molecular flexibility index (Phi) is 8.80. The van der Waals surface area contributed by atoms with Gasteiger partial charge in [-0.1, -0.05) is 54.1 Å². The summed E-state index contributed by atoms with van der Waals surface area (Å²) in [5.74, 6) is -0.0856. The van der Waals surface area contributed by atoms with Crippen LogP contribution in [0.1, 0.15) is 55.7 Å². The second-order valence-corrected chi connectivity index (χ2v) is 13.2. The van der Waals surface area contributed by atoms with Gasteiger partial charge in [-0.25, -0.2) is 9.48 Å². The Morgan fingerprint density at radius 2 is 1.60 bits per heavy atom. The van der Waals surface area contributed by atoms with Gasteiger partial charge in [0.05, 0.1) is 22.0 Å². The molecule has 4 aromatic carbocycles. The lowest BCUT2D eigenvalue weighted by atomic mass is 9.92. The molecule has 10 nitrogen and oxygen atoms in total. The minimum atomic E-state index is -0.462. The number of ether oxygens (including phenoxy) is 1. The van der Waals surface area contributed by atoms with E-state index in [0.29, 0.717) is 47.9 Å². The van der Waals surface area contributed by atoms with Gasteiger partial charge in [-0.2, -0.15) is 5.10 Å². The quantitative estimate of drug-likeness (QED) is 0.214. The zero-order chi connectivity index (χ0) is 35.1. The van der Waals surface area contributed by atoms with Gasteiger partial charge in [0, 0.05) is 38.4 Å². The first-order valence-corrected chi connectivity index (χ1v) is 16.8. The van der Waals surface area contributed by atoms with E-state index in [1.165, 1.54) is 22.6 Å². The molecule has 0 aliphatic carbocycles. The van der Waals surface area contributed by atoms with Gasteiger partial charge >= 0.3 is 6.09 Å². The van der Waals surface area contributed by atoms with Crippen molar-refractivity contribution < 1.29 is 24.2 Å². The molecule has 0 saturated carbocycles. The van der Waals surface area contributed by atoms with Crippen LogP contribution >= 0.6 is 11.6 Å². The molecule has 0 unspecified atom stereocenters. The fourth-order valence-corrected chi connectivity index (χ4v) is 6.86. The van der Waals surface area contributed by atoms with E-state index in [2.05, 4.69) is 6.07 Å². The van der Waals surface area contributed by atoms with Crippen molar-refractivity contribution in [2.45, 2.75) is 45.8 Å². The Balaban J connectivity index is 1.27. The summed E-state index contributed by atoms with van der Waals surface area (Å²) in [5.41, 5.74) is 6.09. The number of para-hydroxylation sites is 1. The molecule has 1 atom stereocenters. The van der Waals surface area contributed by atoms with Crippen molar-refractivity contribution in [1.82, 2.24) is 19.6 Å². The van der Waals surface area contributed by atoms with E-state index in [-0.39, 0.29) is 35.0 Å². The summed E-state index contributed by atoms with van der Waals surface area (Å²) >= 11 is 6.82. The Labute approximate surface area is 295 Å². The third kappa shape index (κ3) is 6.18. The third-order valence-corrected chi connectivity index (χ3v) is 10.0. The summed E-state index contributed by atoms with van der Waals surface area (Å²) in [5, 5.41) is 14.6. The van der Waals surface area contributed by atoms with Crippen LogP contribution in [0.15, 0.2) is 91.0 Å². The molecule has 50 heavy (non-hydrogen) atoms. The number of amides is 3. The van der Waals surface area contributed by atoms with Gasteiger partial charge in [0.25, 0.3) is 11.8 Å². The first kappa shape index (κ1) is 32.9. The molecule has 5 aromatic rings. The van der Waals surface area contributed by atoms with Crippen LogP contribution in [0.25, 0.3) is 5.69 Å². The number of rotatable bonds is 5. The number of phenolic OH excluding ortho intramolecular Hbond substituents is 1. The molecule has 2 aliphatic heterocycles. The van der Waals surface area contributed by atoms with Gasteiger partial charge in [-0.05, 0) is 97.5 Å². The average molecular weight is 690 g/mol. The number of anilines is 1. The van der Waals surface area contributed by atoms with E-state index in [4.69, 9.17) is 21.4 Å². The highest BCUT2D eigenvalue weighted by Crippen LogP contribution is 2.33. The maximum absolute atomic E-state index is 14.7. The van der Waals surface area contributed by atoms with Gasteiger partial charge in [0.1, 0.15) is 11.5 Å². The van der Waals surface area contributed by atoms with Crippen LogP contribution in [-0.4, -0.2) is 62.2 Å². The van der Waals surface area contributed by atoms with Crippen molar-refractivity contribution >= 4 is 35.2 Å². The van der Waals surface area contributed by atoms with Gasteiger partial charge < -0.3 is 24.5 Å². The Morgan fingerprint density at radius 3 is 2.34 bits per heavy atom. The smallest absolute Gasteiger partial charge is 0.415 e. The monoisotopic (exact) mass is 689 g/mol. The molecule has 0 saturated heterocycles. The van der Waals surface area contributed by atoms with Crippen molar-refractivity contribution in [1.29, 1.82) is 0 Å². The third-order valence-electron chi connectivity index (χ3n) is 9.55. The van der Waals surface area contributed by atoms with Gasteiger partial charge in [0.15, 0.2) is 5.69 Å². The van der Waals surface area contributed by atoms with Crippen molar-refractivity contribution in [3.8, 4) is 17.2 Å². The van der Waals surface area contributed by atoms with Crippen LogP contribution in [0, 0.1) is 6.92 Å². The van der Waals surface area contributed by atoms with E-state index in [0.717, 1.165) is 23.1 Å². The lowest BCUT2D eigenvalue weighted by molar-refractivity contribution is 0.0657. The molecule has 1 aromatic heterocycles. The number of hydrogen-bond donors (Lipinski definition) is 1. The van der Waals surface area contributed by atoms with Crippen LogP contribution in [0.2, 0.25) is 5.02 Å². The van der Waals surface area contributed by atoms with Crippen LogP contribution in [0.4, 0.5) is 10.5 Å². The van der Waals surface area contributed by atoms with E-state index < -0.39 is 12.0 Å². The molecule has 3 amide bonds. The minimum absolute atomic E-state index is 0.0333. The van der Waals surface area contributed by atoms with Crippen LogP contribution in [0.5, 0.6) is 11.5 Å². The first-order chi connectivity index (χ1) is 24.1. The Bertz CT molecular complexity index is 2110. The summed E-state index contributed by atoms with van der Waals surface area (Å²) in [4.78, 5) is 46.5. The van der Waals surface area contributed by atoms with Gasteiger partial charge in [0.2, 0.25) is 0 Å². The fourth-order valence-electron chi connectivity index (χ4n) is 6.66. The maximum Gasteiger partial charge on any atom is 0.415 e. The van der Waals surface area contributed by atoms with Gasteiger partial charge in [-0.3, -0.25) is 9.59 Å². The van der Waals surface area contributed by atoms with E-state index in [1.807, 2.05) is 48.2 Å². The van der Waals surface area contributed by atoms with E-state index >= 15 is 0 Å². The average Bonchev–Trinajstić information content (AvgIpc) is 3.43. The number of aromatic nitrogens is 2. The lowest BCUT2D eigenvalue weighted by Gasteiger charge is -2.36. The minimum Gasteiger partial charge on any atom is -0.508 e. The van der Waals surface area contributed by atoms with Crippen LogP contribution in [0.3, 0.4) is 0 Å². The Morgan fingerprint density at radius 1 is 0.900 bits per heavy atom. The summed E-state index contributed by atoms with van der Waals surface area (Å²) in [6.07, 6.45) is 0.781. The van der Waals surface area contributed by atoms with Crippen molar-refractivity contribution in [3.05, 3.63) is 135 Å². The molecule has 1 N–H and O–H groups in total. The summed E-state index contributed by atoms with van der Waals surface area (Å²) in [6.45, 7) is 4.94. The van der Waals surface area contributed by atoms with E-state index in [1.54, 1.807) is 60.0 Å². The highest BCUT2D eigenvalue weighted by Gasteiger charge is 2.33. The number of benzene rings is 4. The number of halogens is 1. The van der Waals surface area contributed by atoms with Crippen LogP contribution in [-0.2, 0) is 25.9 Å². The maximum atomic E-state index is 14.7. The highest BCUT2D eigenvalue weighted by molar-refractivity contribution is 6.35. The molecule has 2 aliphatic rings. The lowest BCUT2D eigenvalue weighted by Crippen LogP contribution is -2.43. The second kappa shape index (κ2) is 13.4. The molecule has 7 rings (SSSR count). The summed E-state index contributed by atoms with van der Waals surface area (Å²) < 4.78 is 7.20. The second-order valence-electron chi connectivity index (χ2n) is 12.8. The van der Waals surface area contributed by atoms with Crippen molar-refractivity contribution in [2.24, 2.45) is 0 Å². The molecule has 0 fully saturated rings. The fraction of sp³-hybridized carbons (Fsp3) is 0.231. The first-order valence-electron chi connectivity index (χ1n) is 16.5. The number of hydrogen-bond acceptors (Lipinski definition) is 6. The Hall–Kier alpha value is -5.61. The zero-order valence-corrected chi connectivity index (χ0v) is 28.7.